The van der Waals surface area contributed by atoms with E-state index in [0.29, 0.717) is 45.8 Å². The Kier molecular flexibility index (Phi) is 8.20. The Bertz CT molecular complexity index is 1020. The Balaban J connectivity index is 1.91. The predicted molar refractivity (Wildman–Crippen MR) is 124 cm³/mol. The third kappa shape index (κ3) is 5.64. The smallest absolute Gasteiger partial charge is 0.353 e. The fourth-order valence-electron chi connectivity index (χ4n) is 3.11. The standard InChI is InChI=1S/C22H24N2O6S2/c1-4-28-16-12-14(7-8-15(16)30-20(25)17-6-5-11-32-17)19-18(13(2)23-22(31)24-19)21(26)29-10-9-27-3/h5-8,11-12,19H,4,9-10H2,1-3H3,(H2,23,24,31)/t19-/m0/s1. The molecule has 0 fully saturated rings. The molecule has 1 aliphatic heterocycles. The lowest BCUT2D eigenvalue weighted by atomic mass is 9.95. The van der Waals surface area contributed by atoms with Gasteiger partial charge < -0.3 is 29.6 Å². The highest BCUT2D eigenvalue weighted by atomic mass is 32.1. The molecular weight excluding hydrogens is 452 g/mol. The normalized spacial score (nSPS) is 15.6. The maximum atomic E-state index is 12.8. The maximum Gasteiger partial charge on any atom is 0.353 e. The molecule has 0 unspecified atom stereocenters. The lowest BCUT2D eigenvalue weighted by Gasteiger charge is -2.30. The van der Waals surface area contributed by atoms with Crippen molar-refractivity contribution in [2.75, 3.05) is 26.9 Å². The molecule has 1 aromatic heterocycles. The molecule has 0 saturated heterocycles. The van der Waals surface area contributed by atoms with Crippen LogP contribution < -0.4 is 20.1 Å². The van der Waals surface area contributed by atoms with Gasteiger partial charge in [0.25, 0.3) is 0 Å². The summed E-state index contributed by atoms with van der Waals surface area (Å²) in [5.74, 6) is -0.285. The van der Waals surface area contributed by atoms with Gasteiger partial charge in [0.1, 0.15) is 11.5 Å². The van der Waals surface area contributed by atoms with Crippen LogP contribution in [0.5, 0.6) is 11.5 Å². The first-order chi connectivity index (χ1) is 15.4. The first kappa shape index (κ1) is 23.7. The van der Waals surface area contributed by atoms with Crippen LogP contribution in [0.3, 0.4) is 0 Å². The van der Waals surface area contributed by atoms with E-state index in [2.05, 4.69) is 10.6 Å². The van der Waals surface area contributed by atoms with Gasteiger partial charge in [-0.15, -0.1) is 11.3 Å². The Morgan fingerprint density at radius 1 is 1.16 bits per heavy atom. The van der Waals surface area contributed by atoms with Crippen LogP contribution in [0.1, 0.15) is 35.1 Å². The topological polar surface area (TPSA) is 95.1 Å². The van der Waals surface area contributed by atoms with Crippen LogP contribution in [0.15, 0.2) is 47.0 Å². The summed E-state index contributed by atoms with van der Waals surface area (Å²) in [5, 5.41) is 8.25. The molecule has 8 nitrogen and oxygen atoms in total. The molecule has 0 saturated carbocycles. The number of carbonyl (C=O) groups is 2. The number of hydrogen-bond donors (Lipinski definition) is 2. The molecule has 0 aliphatic carbocycles. The Morgan fingerprint density at radius 2 is 1.97 bits per heavy atom. The number of carbonyl (C=O) groups excluding carboxylic acids is 2. The van der Waals surface area contributed by atoms with E-state index in [1.165, 1.54) is 18.4 Å². The first-order valence-electron chi connectivity index (χ1n) is 9.91. The van der Waals surface area contributed by atoms with Crippen molar-refractivity contribution in [1.82, 2.24) is 10.6 Å². The van der Waals surface area contributed by atoms with E-state index in [4.69, 9.17) is 31.2 Å². The minimum absolute atomic E-state index is 0.130. The zero-order valence-corrected chi connectivity index (χ0v) is 19.6. The number of hydrogen-bond acceptors (Lipinski definition) is 8. The summed E-state index contributed by atoms with van der Waals surface area (Å²) >= 11 is 6.58. The molecular formula is C22H24N2O6S2. The summed E-state index contributed by atoms with van der Waals surface area (Å²) in [6, 6.07) is 8.02. The summed E-state index contributed by atoms with van der Waals surface area (Å²) < 4.78 is 21.5. The summed E-state index contributed by atoms with van der Waals surface area (Å²) in [6.07, 6.45) is 0. The van der Waals surface area contributed by atoms with Gasteiger partial charge in [-0.2, -0.15) is 0 Å². The number of rotatable bonds is 9. The number of thiophene rings is 1. The number of nitrogens with one attached hydrogen (secondary N) is 2. The Morgan fingerprint density at radius 3 is 2.66 bits per heavy atom. The predicted octanol–water partition coefficient (Wildman–Crippen LogP) is 3.35. The molecule has 2 N–H and O–H groups in total. The van der Waals surface area contributed by atoms with Gasteiger partial charge in [-0.3, -0.25) is 0 Å². The van der Waals surface area contributed by atoms with Crippen LogP contribution in [-0.2, 0) is 14.3 Å². The lowest BCUT2D eigenvalue weighted by Crippen LogP contribution is -2.45. The van der Waals surface area contributed by atoms with E-state index >= 15 is 0 Å². The third-order valence-corrected chi connectivity index (χ3v) is 5.61. The third-order valence-electron chi connectivity index (χ3n) is 4.54. The molecule has 10 heteroatoms. The SMILES string of the molecule is CCOc1cc([C@@H]2NC(=S)NC(C)=C2C(=O)OCCOC)ccc1OC(=O)c1cccs1. The zero-order valence-electron chi connectivity index (χ0n) is 17.9. The van der Waals surface area contributed by atoms with Crippen LogP contribution in [0.2, 0.25) is 0 Å². The summed E-state index contributed by atoms with van der Waals surface area (Å²) in [5.41, 5.74) is 1.68. The van der Waals surface area contributed by atoms with Gasteiger partial charge in [-0.1, -0.05) is 12.1 Å². The molecule has 2 aromatic rings. The van der Waals surface area contributed by atoms with Gasteiger partial charge in [0.05, 0.1) is 24.8 Å². The average Bonchev–Trinajstić information content (AvgIpc) is 3.30. The minimum Gasteiger partial charge on any atom is -0.490 e. The molecule has 2 heterocycles. The van der Waals surface area contributed by atoms with Crippen molar-refractivity contribution < 1.29 is 28.5 Å². The van der Waals surface area contributed by atoms with E-state index in [0.717, 1.165) is 0 Å². The van der Waals surface area contributed by atoms with Crippen molar-refractivity contribution in [3.05, 3.63) is 57.4 Å². The second-order valence-corrected chi connectivity index (χ2v) is 8.06. The summed E-state index contributed by atoms with van der Waals surface area (Å²) in [7, 11) is 1.53. The average molecular weight is 477 g/mol. The van der Waals surface area contributed by atoms with E-state index in [-0.39, 0.29) is 12.4 Å². The quantitative estimate of drug-likeness (QED) is 0.244. The van der Waals surface area contributed by atoms with Crippen LogP contribution in [-0.4, -0.2) is 44.0 Å². The van der Waals surface area contributed by atoms with Crippen molar-refractivity contribution in [3.63, 3.8) is 0 Å². The van der Waals surface area contributed by atoms with Crippen molar-refractivity contribution in [2.45, 2.75) is 19.9 Å². The van der Waals surface area contributed by atoms with E-state index in [1.54, 1.807) is 42.6 Å². The van der Waals surface area contributed by atoms with Gasteiger partial charge >= 0.3 is 11.9 Å². The molecule has 0 spiro atoms. The second kappa shape index (κ2) is 11.1. The van der Waals surface area contributed by atoms with Crippen LogP contribution >= 0.6 is 23.6 Å². The van der Waals surface area contributed by atoms with Crippen molar-refractivity contribution in [2.24, 2.45) is 0 Å². The first-order valence-corrected chi connectivity index (χ1v) is 11.2. The monoisotopic (exact) mass is 476 g/mol. The highest BCUT2D eigenvalue weighted by molar-refractivity contribution is 7.80. The zero-order chi connectivity index (χ0) is 23.1. The molecule has 0 radical (unpaired) electrons. The summed E-state index contributed by atoms with van der Waals surface area (Å²) in [4.78, 5) is 25.6. The fourth-order valence-corrected chi connectivity index (χ4v) is 3.98. The molecule has 0 bridgehead atoms. The fraction of sp³-hybridized carbons (Fsp3) is 0.318. The number of thiocarbonyl (C=S) groups is 1. The van der Waals surface area contributed by atoms with Gasteiger partial charge in [0, 0.05) is 12.8 Å². The van der Waals surface area contributed by atoms with Crippen molar-refractivity contribution in [3.8, 4) is 11.5 Å². The van der Waals surface area contributed by atoms with E-state index < -0.39 is 18.0 Å². The molecule has 1 aliphatic rings. The Hall–Kier alpha value is -2.95. The van der Waals surface area contributed by atoms with Crippen molar-refractivity contribution >= 4 is 40.6 Å². The lowest BCUT2D eigenvalue weighted by molar-refractivity contribution is -0.140. The van der Waals surface area contributed by atoms with Crippen LogP contribution in [0.4, 0.5) is 0 Å². The number of benzene rings is 1. The highest BCUT2D eigenvalue weighted by Crippen LogP contribution is 2.35. The Labute approximate surface area is 195 Å². The molecule has 1 aromatic carbocycles. The summed E-state index contributed by atoms with van der Waals surface area (Å²) in [6.45, 7) is 4.38. The molecule has 3 rings (SSSR count). The van der Waals surface area contributed by atoms with Gasteiger partial charge in [-0.05, 0) is 55.2 Å². The highest BCUT2D eigenvalue weighted by Gasteiger charge is 2.31. The number of esters is 2. The molecule has 1 atom stereocenters. The van der Waals surface area contributed by atoms with Crippen LogP contribution in [0.25, 0.3) is 0 Å². The van der Waals surface area contributed by atoms with E-state index in [9.17, 15) is 9.59 Å². The van der Waals surface area contributed by atoms with Crippen molar-refractivity contribution in [1.29, 1.82) is 0 Å². The van der Waals surface area contributed by atoms with Gasteiger partial charge in [-0.25, -0.2) is 9.59 Å². The van der Waals surface area contributed by atoms with Gasteiger partial charge in [0.15, 0.2) is 16.6 Å². The minimum atomic E-state index is -0.569. The maximum absolute atomic E-state index is 12.8. The van der Waals surface area contributed by atoms with Crippen LogP contribution in [0, 0.1) is 0 Å². The molecule has 0 amide bonds. The number of allylic oxidation sites excluding steroid dienone is 1. The molecule has 32 heavy (non-hydrogen) atoms. The molecule has 170 valence electrons. The van der Waals surface area contributed by atoms with E-state index in [1.807, 2.05) is 6.92 Å². The number of methoxy groups -OCH3 is 1. The number of ether oxygens (including phenoxy) is 4. The largest absolute Gasteiger partial charge is 0.490 e. The second-order valence-electron chi connectivity index (χ2n) is 6.70. The van der Waals surface area contributed by atoms with Gasteiger partial charge in [0.2, 0.25) is 0 Å².